The van der Waals surface area contributed by atoms with Gasteiger partial charge in [-0.15, -0.1) is 0 Å². The molecule has 1 aromatic heterocycles. The quantitative estimate of drug-likeness (QED) is 0.431. The third kappa shape index (κ3) is 5.12. The van der Waals surface area contributed by atoms with Crippen LogP contribution in [-0.2, 0) is 12.2 Å². The van der Waals surface area contributed by atoms with Gasteiger partial charge in [0.2, 0.25) is 0 Å². The van der Waals surface area contributed by atoms with Crippen molar-refractivity contribution in [3.05, 3.63) is 107 Å². The van der Waals surface area contributed by atoms with Crippen LogP contribution < -0.4 is 5.32 Å². The molecule has 29 heavy (non-hydrogen) atoms. The predicted molar refractivity (Wildman–Crippen MR) is 116 cm³/mol. The number of para-hydroxylation sites is 1. The number of hydrogen-bond donors (Lipinski definition) is 2. The summed E-state index contributed by atoms with van der Waals surface area (Å²) >= 11 is 1.57. The lowest BCUT2D eigenvalue weighted by atomic mass is 10.0. The van der Waals surface area contributed by atoms with E-state index in [1.54, 1.807) is 11.8 Å². The normalized spacial score (nSPS) is 10.6. The predicted octanol–water partition coefficient (Wildman–Crippen LogP) is 4.94. The summed E-state index contributed by atoms with van der Waals surface area (Å²) in [5.74, 6) is 0.650. The molecule has 0 aliphatic carbocycles. The van der Waals surface area contributed by atoms with Crippen LogP contribution in [0.15, 0.2) is 90.3 Å². The number of H-pyrrole nitrogens is 1. The Balaban J connectivity index is 1.41. The Bertz CT molecular complexity index is 1060. The van der Waals surface area contributed by atoms with Crippen LogP contribution >= 0.6 is 11.8 Å². The fourth-order valence-electron chi connectivity index (χ4n) is 2.97. The van der Waals surface area contributed by atoms with Crippen molar-refractivity contribution < 1.29 is 4.79 Å². The summed E-state index contributed by atoms with van der Waals surface area (Å²) in [4.78, 5) is 16.8. The van der Waals surface area contributed by atoms with Gasteiger partial charge >= 0.3 is 0 Å². The summed E-state index contributed by atoms with van der Waals surface area (Å²) in [6.07, 6.45) is 2.26. The maximum Gasteiger partial charge on any atom is 0.255 e. The molecule has 6 heteroatoms. The van der Waals surface area contributed by atoms with E-state index in [2.05, 4.69) is 32.6 Å². The van der Waals surface area contributed by atoms with Gasteiger partial charge in [0.25, 0.3) is 5.91 Å². The molecule has 0 atom stereocenters. The molecule has 1 heterocycles. The number of hydrogen-bond acceptors (Lipinski definition) is 4. The number of thioether (sulfide) groups is 1. The Morgan fingerprint density at radius 1 is 0.897 bits per heavy atom. The van der Waals surface area contributed by atoms with Crippen molar-refractivity contribution in [3.63, 3.8) is 0 Å². The zero-order chi connectivity index (χ0) is 19.9. The Labute approximate surface area is 173 Å². The van der Waals surface area contributed by atoms with Crippen molar-refractivity contribution in [1.82, 2.24) is 15.2 Å². The molecule has 4 rings (SSSR count). The van der Waals surface area contributed by atoms with Crippen molar-refractivity contribution in [2.24, 2.45) is 0 Å². The van der Waals surface area contributed by atoms with Crippen molar-refractivity contribution in [2.45, 2.75) is 17.3 Å². The van der Waals surface area contributed by atoms with Gasteiger partial charge in [-0.05, 0) is 41.3 Å². The largest absolute Gasteiger partial charge is 0.322 e. The van der Waals surface area contributed by atoms with Crippen molar-refractivity contribution in [2.75, 3.05) is 5.32 Å². The minimum Gasteiger partial charge on any atom is -0.322 e. The molecular formula is C23H20N4OS. The lowest BCUT2D eigenvalue weighted by Gasteiger charge is -2.11. The summed E-state index contributed by atoms with van der Waals surface area (Å²) < 4.78 is 0. The van der Waals surface area contributed by atoms with Crippen LogP contribution in [0.5, 0.6) is 0 Å². The van der Waals surface area contributed by atoms with Crippen LogP contribution in [0.3, 0.4) is 0 Å². The number of aromatic nitrogens is 3. The molecule has 0 bridgehead atoms. The van der Waals surface area contributed by atoms with E-state index in [1.165, 1.54) is 11.9 Å². The molecule has 0 aliphatic rings. The number of carbonyl (C=O) groups excluding carboxylic acids is 1. The molecule has 0 unspecified atom stereocenters. The highest BCUT2D eigenvalue weighted by Crippen LogP contribution is 2.21. The molecule has 4 aromatic rings. The Morgan fingerprint density at radius 2 is 1.66 bits per heavy atom. The first-order valence-corrected chi connectivity index (χ1v) is 10.3. The topological polar surface area (TPSA) is 70.7 Å². The molecule has 0 radical (unpaired) electrons. The van der Waals surface area contributed by atoms with Gasteiger partial charge in [0.1, 0.15) is 6.33 Å². The van der Waals surface area contributed by atoms with Gasteiger partial charge in [-0.2, -0.15) is 5.10 Å². The number of benzene rings is 3. The number of rotatable bonds is 7. The van der Waals surface area contributed by atoms with Crippen LogP contribution in [0, 0.1) is 0 Å². The molecule has 144 valence electrons. The van der Waals surface area contributed by atoms with E-state index in [9.17, 15) is 4.79 Å². The zero-order valence-electron chi connectivity index (χ0n) is 15.7. The first-order valence-electron chi connectivity index (χ1n) is 9.28. The van der Waals surface area contributed by atoms with E-state index in [4.69, 9.17) is 0 Å². The summed E-state index contributed by atoms with van der Waals surface area (Å²) in [6, 6.07) is 25.8. The van der Waals surface area contributed by atoms with E-state index < -0.39 is 0 Å². The fraction of sp³-hybridized carbons (Fsp3) is 0.0870. The minimum absolute atomic E-state index is 0.111. The van der Waals surface area contributed by atoms with Gasteiger partial charge in [-0.25, -0.2) is 4.98 Å². The van der Waals surface area contributed by atoms with Crippen LogP contribution in [0.1, 0.15) is 27.0 Å². The fourth-order valence-corrected chi connectivity index (χ4v) is 3.71. The number of carbonyl (C=O) groups is 1. The van der Waals surface area contributed by atoms with Crippen molar-refractivity contribution >= 4 is 23.4 Å². The third-order valence-electron chi connectivity index (χ3n) is 4.49. The Hall–Kier alpha value is -3.38. The van der Waals surface area contributed by atoms with Crippen molar-refractivity contribution in [3.8, 4) is 0 Å². The minimum atomic E-state index is -0.111. The number of aromatic amines is 1. The highest BCUT2D eigenvalue weighted by Gasteiger charge is 2.10. The second-order valence-corrected chi connectivity index (χ2v) is 7.51. The molecule has 1 amide bonds. The van der Waals surface area contributed by atoms with E-state index in [0.717, 1.165) is 34.1 Å². The van der Waals surface area contributed by atoms with Crippen LogP contribution in [-0.4, -0.2) is 21.1 Å². The molecule has 0 saturated carbocycles. The Morgan fingerprint density at radius 3 is 2.41 bits per heavy atom. The number of anilines is 1. The third-order valence-corrected chi connectivity index (χ3v) is 5.44. The average molecular weight is 401 g/mol. The van der Waals surface area contributed by atoms with Crippen LogP contribution in [0.4, 0.5) is 5.69 Å². The van der Waals surface area contributed by atoms with Gasteiger partial charge in [0, 0.05) is 17.0 Å². The summed E-state index contributed by atoms with van der Waals surface area (Å²) in [6.45, 7) is 0. The standard InChI is InChI=1S/C23H20N4OS/c28-22(19-12-10-18(11-13-19)15-29-23-24-16-25-27-23)26-21-9-5-4-8-20(21)14-17-6-2-1-3-7-17/h1-13,16H,14-15H2,(H,26,28)(H,24,25,27). The highest BCUT2D eigenvalue weighted by atomic mass is 32.2. The van der Waals surface area contributed by atoms with Crippen LogP contribution in [0.25, 0.3) is 0 Å². The second kappa shape index (κ2) is 9.21. The molecule has 0 spiro atoms. The summed E-state index contributed by atoms with van der Waals surface area (Å²) in [7, 11) is 0. The molecular weight excluding hydrogens is 380 g/mol. The van der Waals surface area contributed by atoms with Gasteiger partial charge in [0.15, 0.2) is 5.16 Å². The molecule has 0 saturated heterocycles. The molecule has 0 aliphatic heterocycles. The smallest absolute Gasteiger partial charge is 0.255 e. The van der Waals surface area contributed by atoms with E-state index in [0.29, 0.717) is 5.56 Å². The van der Waals surface area contributed by atoms with Crippen LogP contribution in [0.2, 0.25) is 0 Å². The molecule has 5 nitrogen and oxygen atoms in total. The average Bonchev–Trinajstić information content (AvgIpc) is 3.28. The molecule has 0 fully saturated rings. The number of amides is 1. The first-order chi connectivity index (χ1) is 14.3. The molecule has 3 aromatic carbocycles. The summed E-state index contributed by atoms with van der Waals surface area (Å²) in [5, 5.41) is 10.5. The molecule has 2 N–H and O–H groups in total. The second-order valence-electron chi connectivity index (χ2n) is 6.55. The van der Waals surface area contributed by atoms with Gasteiger partial charge in [-0.3, -0.25) is 9.89 Å². The first kappa shape index (κ1) is 19.0. The van der Waals surface area contributed by atoms with E-state index >= 15 is 0 Å². The maximum absolute atomic E-state index is 12.7. The number of nitrogens with one attached hydrogen (secondary N) is 2. The zero-order valence-corrected chi connectivity index (χ0v) is 16.5. The Kier molecular flexibility index (Phi) is 6.02. The van der Waals surface area contributed by atoms with Gasteiger partial charge in [0.05, 0.1) is 0 Å². The lowest BCUT2D eigenvalue weighted by Crippen LogP contribution is -2.13. The monoisotopic (exact) mass is 400 g/mol. The van der Waals surface area contributed by atoms with E-state index in [1.807, 2.05) is 66.7 Å². The maximum atomic E-state index is 12.7. The SMILES string of the molecule is O=C(Nc1ccccc1Cc1ccccc1)c1ccc(CSc2ncn[nH]2)cc1. The van der Waals surface area contributed by atoms with Gasteiger partial charge < -0.3 is 5.32 Å². The highest BCUT2D eigenvalue weighted by molar-refractivity contribution is 7.98. The van der Waals surface area contributed by atoms with Crippen molar-refractivity contribution in [1.29, 1.82) is 0 Å². The number of nitrogens with zero attached hydrogens (tertiary/aromatic N) is 2. The van der Waals surface area contributed by atoms with Gasteiger partial charge in [-0.1, -0.05) is 72.4 Å². The van der Waals surface area contributed by atoms with E-state index in [-0.39, 0.29) is 5.91 Å². The lowest BCUT2D eigenvalue weighted by molar-refractivity contribution is 0.102. The summed E-state index contributed by atoms with van der Waals surface area (Å²) in [5.41, 5.74) is 4.89.